The van der Waals surface area contributed by atoms with E-state index in [0.29, 0.717) is 0 Å². The molecule has 2 fully saturated rings. The first-order valence-electron chi connectivity index (χ1n) is 12.5. The highest BCUT2D eigenvalue weighted by molar-refractivity contribution is 5.52. The van der Waals surface area contributed by atoms with Crippen molar-refractivity contribution < 1.29 is 18.9 Å². The lowest BCUT2D eigenvalue weighted by Gasteiger charge is -2.30. The van der Waals surface area contributed by atoms with E-state index in [2.05, 4.69) is 79.7 Å². The minimum atomic E-state index is -0.143. The highest BCUT2D eigenvalue weighted by atomic mass is 16.6. The van der Waals surface area contributed by atoms with Gasteiger partial charge in [-0.05, 0) is 73.9 Å². The Morgan fingerprint density at radius 1 is 0.727 bits per heavy atom. The second kappa shape index (κ2) is 9.31. The number of epoxide rings is 2. The van der Waals surface area contributed by atoms with Gasteiger partial charge in [0.1, 0.15) is 35.9 Å². The molecule has 2 aromatic rings. The van der Waals surface area contributed by atoms with Crippen LogP contribution in [0, 0.1) is 27.7 Å². The van der Waals surface area contributed by atoms with Gasteiger partial charge >= 0.3 is 0 Å². The Bertz CT molecular complexity index is 875. The number of benzene rings is 2. The van der Waals surface area contributed by atoms with Gasteiger partial charge < -0.3 is 18.9 Å². The van der Waals surface area contributed by atoms with Crippen LogP contribution in [0.25, 0.3) is 0 Å². The molecule has 180 valence electrons. The van der Waals surface area contributed by atoms with Gasteiger partial charge in [0.05, 0.1) is 13.2 Å². The molecule has 4 nitrogen and oxygen atoms in total. The van der Waals surface area contributed by atoms with Gasteiger partial charge in [-0.25, -0.2) is 0 Å². The molecule has 2 aliphatic rings. The van der Waals surface area contributed by atoms with E-state index in [1.54, 1.807) is 0 Å². The summed E-state index contributed by atoms with van der Waals surface area (Å²) in [6, 6.07) is 9.15. The average Bonchev–Trinajstić information content (AvgIpc) is 3.66. The van der Waals surface area contributed by atoms with E-state index in [1.807, 2.05) is 0 Å². The maximum Gasteiger partial charge on any atom is 0.127 e. The molecule has 2 heterocycles. The van der Waals surface area contributed by atoms with Crippen molar-refractivity contribution in [2.24, 2.45) is 0 Å². The van der Waals surface area contributed by atoms with E-state index in [-0.39, 0.29) is 29.8 Å². The summed E-state index contributed by atoms with van der Waals surface area (Å²) in [4.78, 5) is 0. The summed E-state index contributed by atoms with van der Waals surface area (Å²) < 4.78 is 23.8. The van der Waals surface area contributed by atoms with Crippen molar-refractivity contribution in [2.75, 3.05) is 13.2 Å². The molecule has 0 aliphatic carbocycles. The van der Waals surface area contributed by atoms with E-state index in [9.17, 15) is 0 Å². The van der Waals surface area contributed by atoms with Gasteiger partial charge in [0, 0.05) is 5.41 Å². The van der Waals surface area contributed by atoms with Crippen molar-refractivity contribution in [3.63, 3.8) is 0 Å². The lowest BCUT2D eigenvalue weighted by molar-refractivity contribution is 0.153. The normalized spacial score (nSPS) is 21.5. The van der Waals surface area contributed by atoms with Gasteiger partial charge in [0.15, 0.2) is 0 Å². The molecule has 0 saturated carbocycles. The summed E-state index contributed by atoms with van der Waals surface area (Å²) >= 11 is 0. The number of ether oxygens (including phenoxy) is 4. The number of aryl methyl sites for hydroxylation is 4. The fourth-order valence-electron chi connectivity index (χ4n) is 4.85. The van der Waals surface area contributed by atoms with Crippen LogP contribution in [0.3, 0.4) is 0 Å². The lowest BCUT2D eigenvalue weighted by atomic mass is 9.76. The zero-order valence-electron chi connectivity index (χ0n) is 21.6. The first-order valence-corrected chi connectivity index (χ1v) is 12.5. The molecule has 0 aromatic heterocycles. The smallest absolute Gasteiger partial charge is 0.127 e. The van der Waals surface area contributed by atoms with Gasteiger partial charge in [-0.2, -0.15) is 0 Å². The van der Waals surface area contributed by atoms with E-state index in [4.69, 9.17) is 18.9 Å². The van der Waals surface area contributed by atoms with E-state index < -0.39 is 0 Å². The topological polar surface area (TPSA) is 43.5 Å². The van der Waals surface area contributed by atoms with Crippen LogP contribution in [-0.2, 0) is 14.9 Å². The molecule has 4 unspecified atom stereocenters. The third-order valence-electron chi connectivity index (χ3n) is 7.25. The van der Waals surface area contributed by atoms with E-state index >= 15 is 0 Å². The van der Waals surface area contributed by atoms with Crippen molar-refractivity contribution >= 4 is 0 Å². The summed E-state index contributed by atoms with van der Waals surface area (Å²) in [5, 5.41) is 0. The third-order valence-corrected chi connectivity index (χ3v) is 7.25. The van der Waals surface area contributed by atoms with Crippen LogP contribution in [0.1, 0.15) is 73.9 Å². The summed E-state index contributed by atoms with van der Waals surface area (Å²) in [6.07, 6.45) is 2.66. The van der Waals surface area contributed by atoms with Crippen molar-refractivity contribution in [1.82, 2.24) is 0 Å². The molecule has 0 radical (unpaired) electrons. The van der Waals surface area contributed by atoms with Crippen molar-refractivity contribution in [1.29, 1.82) is 0 Å². The second-order valence-electron chi connectivity index (χ2n) is 10.4. The molecule has 33 heavy (non-hydrogen) atoms. The van der Waals surface area contributed by atoms with Crippen LogP contribution in [0.15, 0.2) is 24.3 Å². The first kappa shape index (κ1) is 24.1. The number of rotatable bonds is 10. The third kappa shape index (κ3) is 5.07. The maximum atomic E-state index is 6.40. The Labute approximate surface area is 199 Å². The molecular formula is C29H40O4. The Morgan fingerprint density at radius 2 is 1.03 bits per heavy atom. The van der Waals surface area contributed by atoms with Gasteiger partial charge in [-0.15, -0.1) is 0 Å². The van der Waals surface area contributed by atoms with E-state index in [1.165, 1.54) is 33.4 Å². The first-order chi connectivity index (χ1) is 15.6. The molecule has 0 amide bonds. The van der Waals surface area contributed by atoms with Gasteiger partial charge in [-0.1, -0.05) is 52.0 Å². The van der Waals surface area contributed by atoms with Crippen LogP contribution in [0.5, 0.6) is 11.5 Å². The Hall–Kier alpha value is -2.04. The molecule has 2 saturated heterocycles. The van der Waals surface area contributed by atoms with Gasteiger partial charge in [0.25, 0.3) is 0 Å². The summed E-state index contributed by atoms with van der Waals surface area (Å²) in [5.74, 6) is 2.00. The summed E-state index contributed by atoms with van der Waals surface area (Å²) in [7, 11) is 0. The summed E-state index contributed by atoms with van der Waals surface area (Å²) in [5.41, 5.74) is 7.18. The van der Waals surface area contributed by atoms with Crippen LogP contribution in [0.4, 0.5) is 0 Å². The molecule has 4 rings (SSSR count). The van der Waals surface area contributed by atoms with E-state index in [0.717, 1.165) is 37.6 Å². The Balaban J connectivity index is 1.60. The highest BCUT2D eigenvalue weighted by Crippen LogP contribution is 2.40. The standard InChI is InChI=1S/C29H40O4/c1-9-23(25-15-30-25)32-27-17(3)11-21(12-18(27)4)29(7,8)22-13-19(5)28(20(6)14-22)33-24(10-2)26-16-31-26/h11-14,23-26H,9-10,15-16H2,1-8H3. The molecule has 0 N–H and O–H groups in total. The average molecular weight is 453 g/mol. The van der Waals surface area contributed by atoms with Crippen molar-refractivity contribution in [2.45, 2.75) is 98.1 Å². The SMILES string of the molecule is CCC(Oc1c(C)cc(C(C)(C)c2cc(C)c(OC(CC)C3CO3)c(C)c2)cc1C)C1CO1. The van der Waals surface area contributed by atoms with Crippen LogP contribution < -0.4 is 9.47 Å². The molecule has 4 atom stereocenters. The Morgan fingerprint density at radius 3 is 1.27 bits per heavy atom. The van der Waals surface area contributed by atoms with Crippen LogP contribution in [-0.4, -0.2) is 37.6 Å². The molecule has 2 aliphatic heterocycles. The highest BCUT2D eigenvalue weighted by Gasteiger charge is 2.35. The Kier molecular flexibility index (Phi) is 6.80. The van der Waals surface area contributed by atoms with Crippen molar-refractivity contribution in [3.05, 3.63) is 57.6 Å². The van der Waals surface area contributed by atoms with Gasteiger partial charge in [0.2, 0.25) is 0 Å². The quantitative estimate of drug-likeness (QED) is 0.394. The minimum absolute atomic E-state index is 0.132. The minimum Gasteiger partial charge on any atom is -0.487 e. The maximum absolute atomic E-state index is 6.40. The molecule has 4 heteroatoms. The largest absolute Gasteiger partial charge is 0.487 e. The predicted octanol–water partition coefficient (Wildman–Crippen LogP) is 6.36. The number of hydrogen-bond acceptors (Lipinski definition) is 4. The van der Waals surface area contributed by atoms with Crippen LogP contribution in [0.2, 0.25) is 0 Å². The number of hydrogen-bond donors (Lipinski definition) is 0. The fraction of sp³-hybridized carbons (Fsp3) is 0.586. The fourth-order valence-corrected chi connectivity index (χ4v) is 4.85. The predicted molar refractivity (Wildman–Crippen MR) is 133 cm³/mol. The second-order valence-corrected chi connectivity index (χ2v) is 10.4. The molecule has 0 spiro atoms. The monoisotopic (exact) mass is 452 g/mol. The molecular weight excluding hydrogens is 412 g/mol. The molecule has 0 bridgehead atoms. The molecule has 2 aromatic carbocycles. The summed E-state index contributed by atoms with van der Waals surface area (Å²) in [6.45, 7) is 19.2. The zero-order chi connectivity index (χ0) is 23.9. The van der Waals surface area contributed by atoms with Crippen LogP contribution >= 0.6 is 0 Å². The lowest BCUT2D eigenvalue weighted by Crippen LogP contribution is -2.25. The van der Waals surface area contributed by atoms with Crippen molar-refractivity contribution in [3.8, 4) is 11.5 Å². The van der Waals surface area contributed by atoms with Gasteiger partial charge in [-0.3, -0.25) is 0 Å². The zero-order valence-corrected chi connectivity index (χ0v) is 21.6.